The van der Waals surface area contributed by atoms with E-state index in [-0.39, 0.29) is 28.1 Å². The van der Waals surface area contributed by atoms with Crippen molar-refractivity contribution < 1.29 is 14.3 Å². The van der Waals surface area contributed by atoms with Gasteiger partial charge in [0.1, 0.15) is 17.0 Å². The van der Waals surface area contributed by atoms with Crippen LogP contribution in [0, 0.1) is 5.82 Å². The summed E-state index contributed by atoms with van der Waals surface area (Å²) in [5.74, 6) is -1.65. The minimum atomic E-state index is -1.14. The molecule has 21 heavy (non-hydrogen) atoms. The smallest absolute Gasteiger partial charge is 0.346 e. The van der Waals surface area contributed by atoms with Gasteiger partial charge in [-0.05, 0) is 12.1 Å². The van der Waals surface area contributed by atoms with Crippen LogP contribution in [0.1, 0.15) is 15.2 Å². The first-order valence-corrected chi connectivity index (χ1v) is 6.82. The van der Waals surface area contributed by atoms with Crippen LogP contribution in [0.5, 0.6) is 0 Å². The van der Waals surface area contributed by atoms with Gasteiger partial charge in [-0.15, -0.1) is 11.3 Å². The van der Waals surface area contributed by atoms with Crippen LogP contribution in [0.3, 0.4) is 0 Å². The van der Waals surface area contributed by atoms with Crippen LogP contribution in [0.2, 0.25) is 0 Å². The molecule has 0 fully saturated rings. The van der Waals surface area contributed by atoms with Crippen LogP contribution in [0.15, 0.2) is 29.3 Å². The molecule has 1 aromatic carbocycles. The zero-order valence-corrected chi connectivity index (χ0v) is 11.7. The molecule has 3 rings (SSSR count). The van der Waals surface area contributed by atoms with Crippen molar-refractivity contribution in [1.29, 1.82) is 0 Å². The SMILES string of the molecule is Cn1cnn(Cc2c(C(=O)O)sc3cccc(F)c23)c1=O. The van der Waals surface area contributed by atoms with E-state index < -0.39 is 11.8 Å². The second-order valence-electron chi connectivity index (χ2n) is 4.51. The highest BCUT2D eigenvalue weighted by Crippen LogP contribution is 2.33. The van der Waals surface area contributed by atoms with Gasteiger partial charge in [0.25, 0.3) is 0 Å². The fourth-order valence-corrected chi connectivity index (χ4v) is 3.24. The summed E-state index contributed by atoms with van der Waals surface area (Å²) in [6, 6.07) is 4.45. The number of aryl methyl sites for hydroxylation is 1. The zero-order chi connectivity index (χ0) is 15.1. The Balaban J connectivity index is 2.24. The number of carboxylic acid groups (broad SMARTS) is 1. The van der Waals surface area contributed by atoms with Crippen molar-refractivity contribution in [2.24, 2.45) is 7.05 Å². The summed E-state index contributed by atoms with van der Waals surface area (Å²) in [6.45, 7) is -0.0811. The van der Waals surface area contributed by atoms with Gasteiger partial charge in [-0.1, -0.05) is 6.07 Å². The zero-order valence-electron chi connectivity index (χ0n) is 10.9. The molecule has 0 aliphatic carbocycles. The number of fused-ring (bicyclic) bond motifs is 1. The van der Waals surface area contributed by atoms with Crippen molar-refractivity contribution in [1.82, 2.24) is 14.3 Å². The number of carboxylic acids is 1. The minimum absolute atomic E-state index is 0.0210. The summed E-state index contributed by atoms with van der Waals surface area (Å²) in [4.78, 5) is 23.2. The number of carbonyl (C=O) groups is 1. The molecule has 0 bridgehead atoms. The third kappa shape index (κ3) is 2.13. The summed E-state index contributed by atoms with van der Waals surface area (Å²) in [7, 11) is 1.54. The number of nitrogens with zero attached hydrogens (tertiary/aromatic N) is 3. The lowest BCUT2D eigenvalue weighted by molar-refractivity contribution is 0.0701. The van der Waals surface area contributed by atoms with Crippen LogP contribution in [-0.2, 0) is 13.6 Å². The number of benzene rings is 1. The highest BCUT2D eigenvalue weighted by molar-refractivity contribution is 7.21. The number of aromatic carboxylic acids is 1. The molecular formula is C13H10FN3O3S. The fourth-order valence-electron chi connectivity index (χ4n) is 2.17. The number of hydrogen-bond donors (Lipinski definition) is 1. The van der Waals surface area contributed by atoms with Gasteiger partial charge in [0, 0.05) is 22.7 Å². The van der Waals surface area contributed by atoms with Crippen LogP contribution in [0.4, 0.5) is 4.39 Å². The largest absolute Gasteiger partial charge is 0.477 e. The summed E-state index contributed by atoms with van der Waals surface area (Å²) in [5.41, 5.74) is -0.122. The molecule has 0 radical (unpaired) electrons. The van der Waals surface area contributed by atoms with E-state index in [1.165, 1.54) is 30.1 Å². The highest BCUT2D eigenvalue weighted by Gasteiger charge is 2.21. The molecule has 8 heteroatoms. The molecule has 2 aromatic heterocycles. The van der Waals surface area contributed by atoms with Crippen LogP contribution >= 0.6 is 11.3 Å². The fraction of sp³-hybridized carbons (Fsp3) is 0.154. The summed E-state index contributed by atoms with van der Waals surface area (Å²) in [6.07, 6.45) is 1.33. The molecule has 0 saturated carbocycles. The number of thiophene rings is 1. The first-order valence-electron chi connectivity index (χ1n) is 6.00. The molecule has 0 spiro atoms. The minimum Gasteiger partial charge on any atom is -0.477 e. The lowest BCUT2D eigenvalue weighted by Gasteiger charge is -2.02. The third-order valence-electron chi connectivity index (χ3n) is 3.15. The van der Waals surface area contributed by atoms with E-state index in [1.807, 2.05) is 0 Å². The van der Waals surface area contributed by atoms with E-state index in [4.69, 9.17) is 0 Å². The third-order valence-corrected chi connectivity index (χ3v) is 4.34. The Bertz CT molecular complexity index is 909. The lowest BCUT2D eigenvalue weighted by atomic mass is 10.1. The number of aromatic nitrogens is 3. The van der Waals surface area contributed by atoms with Crippen molar-refractivity contribution in [3.63, 3.8) is 0 Å². The Morgan fingerprint density at radius 3 is 2.86 bits per heavy atom. The Labute approximate surface area is 121 Å². The predicted molar refractivity (Wildman–Crippen MR) is 75.3 cm³/mol. The first kappa shape index (κ1) is 13.5. The molecule has 1 N–H and O–H groups in total. The van der Waals surface area contributed by atoms with Crippen molar-refractivity contribution >= 4 is 27.4 Å². The molecule has 0 aliphatic rings. The van der Waals surface area contributed by atoms with E-state index >= 15 is 0 Å². The molecule has 6 nitrogen and oxygen atoms in total. The highest BCUT2D eigenvalue weighted by atomic mass is 32.1. The molecule has 0 unspecified atom stereocenters. The molecule has 0 amide bonds. The van der Waals surface area contributed by atoms with Crippen LogP contribution < -0.4 is 5.69 Å². The predicted octanol–water partition coefficient (Wildman–Crippen LogP) is 1.68. The Morgan fingerprint density at radius 2 is 2.24 bits per heavy atom. The lowest BCUT2D eigenvalue weighted by Crippen LogP contribution is -2.24. The van der Waals surface area contributed by atoms with Gasteiger partial charge in [0.15, 0.2) is 0 Å². The van der Waals surface area contributed by atoms with Crippen molar-refractivity contribution in [2.45, 2.75) is 6.54 Å². The van der Waals surface area contributed by atoms with Gasteiger partial charge < -0.3 is 5.11 Å². The summed E-state index contributed by atoms with van der Waals surface area (Å²) in [5, 5.41) is 13.4. The quantitative estimate of drug-likeness (QED) is 0.798. The molecule has 108 valence electrons. The standard InChI is InChI=1S/C13H10FN3O3S/c1-16-6-15-17(13(16)20)5-7-10-8(14)3-2-4-9(10)21-11(7)12(18)19/h2-4,6H,5H2,1H3,(H,18,19). The maximum atomic E-state index is 14.0. The van der Waals surface area contributed by atoms with E-state index in [9.17, 15) is 19.1 Å². The average Bonchev–Trinajstić information content (AvgIpc) is 2.96. The van der Waals surface area contributed by atoms with E-state index in [2.05, 4.69) is 5.10 Å². The second-order valence-corrected chi connectivity index (χ2v) is 5.56. The molecule has 0 aliphatic heterocycles. The monoisotopic (exact) mass is 307 g/mol. The van der Waals surface area contributed by atoms with Crippen molar-refractivity contribution in [2.75, 3.05) is 0 Å². The van der Waals surface area contributed by atoms with Crippen LogP contribution in [-0.4, -0.2) is 25.4 Å². The maximum absolute atomic E-state index is 14.0. The van der Waals surface area contributed by atoms with Crippen LogP contribution in [0.25, 0.3) is 10.1 Å². The number of hydrogen-bond acceptors (Lipinski definition) is 4. The molecule has 0 atom stereocenters. The van der Waals surface area contributed by atoms with Gasteiger partial charge in [0.2, 0.25) is 0 Å². The van der Waals surface area contributed by atoms with Gasteiger partial charge >= 0.3 is 11.7 Å². The Kier molecular flexibility index (Phi) is 3.09. The second kappa shape index (κ2) is 4.81. The number of rotatable bonds is 3. The van der Waals surface area contributed by atoms with Gasteiger partial charge in [0.05, 0.1) is 6.54 Å². The molecular weight excluding hydrogens is 297 g/mol. The Morgan fingerprint density at radius 1 is 1.48 bits per heavy atom. The Hall–Kier alpha value is -2.48. The van der Waals surface area contributed by atoms with Gasteiger partial charge in [-0.3, -0.25) is 4.57 Å². The average molecular weight is 307 g/mol. The van der Waals surface area contributed by atoms with E-state index in [0.717, 1.165) is 16.0 Å². The van der Waals surface area contributed by atoms with Crippen molar-refractivity contribution in [3.8, 4) is 0 Å². The topological polar surface area (TPSA) is 77.1 Å². The van der Waals surface area contributed by atoms with Gasteiger partial charge in [-0.2, -0.15) is 5.10 Å². The molecule has 0 saturated heterocycles. The first-order chi connectivity index (χ1) is 9.99. The summed E-state index contributed by atoms with van der Waals surface area (Å²) >= 11 is 0.989. The summed E-state index contributed by atoms with van der Waals surface area (Å²) < 4.78 is 16.9. The molecule has 3 aromatic rings. The molecule has 2 heterocycles. The van der Waals surface area contributed by atoms with E-state index in [1.54, 1.807) is 6.07 Å². The van der Waals surface area contributed by atoms with Crippen molar-refractivity contribution in [3.05, 3.63) is 51.3 Å². The maximum Gasteiger partial charge on any atom is 0.346 e. The van der Waals surface area contributed by atoms with Gasteiger partial charge in [-0.25, -0.2) is 18.7 Å². The van der Waals surface area contributed by atoms with E-state index in [0.29, 0.717) is 4.70 Å². The normalized spacial score (nSPS) is 11.1. The number of halogens is 1.